The van der Waals surface area contributed by atoms with Gasteiger partial charge in [0.2, 0.25) is 5.91 Å². The normalized spacial score (nSPS) is 21.4. The summed E-state index contributed by atoms with van der Waals surface area (Å²) < 4.78 is 37.4. The summed E-state index contributed by atoms with van der Waals surface area (Å²) >= 11 is 0. The second kappa shape index (κ2) is 5.88. The highest BCUT2D eigenvalue weighted by Crippen LogP contribution is 2.27. The Morgan fingerprint density at radius 1 is 1.28 bits per heavy atom. The molecule has 1 aliphatic heterocycles. The first-order valence-electron chi connectivity index (χ1n) is 6.11. The number of likely N-dealkylation sites (tertiary alicyclic amines) is 1. The zero-order valence-electron chi connectivity index (χ0n) is 10.5. The van der Waals surface area contributed by atoms with E-state index in [9.17, 15) is 18.0 Å². The summed E-state index contributed by atoms with van der Waals surface area (Å²) in [5.74, 6) is -1.17. The van der Waals surface area contributed by atoms with Crippen LogP contribution in [0.1, 0.15) is 26.2 Å². The SMILES string of the molecule is CC(N)(C(=O)NCCN1CCCCC1)C(F)(F)F. The number of carbonyl (C=O) groups is 1. The summed E-state index contributed by atoms with van der Waals surface area (Å²) in [6, 6.07) is 0. The van der Waals surface area contributed by atoms with Crippen LogP contribution < -0.4 is 11.1 Å². The van der Waals surface area contributed by atoms with E-state index in [4.69, 9.17) is 5.73 Å². The third kappa shape index (κ3) is 3.84. The van der Waals surface area contributed by atoms with E-state index in [0.717, 1.165) is 25.9 Å². The molecule has 4 nitrogen and oxygen atoms in total. The molecule has 0 radical (unpaired) electrons. The van der Waals surface area contributed by atoms with Crippen LogP contribution >= 0.6 is 0 Å². The lowest BCUT2D eigenvalue weighted by Gasteiger charge is -2.28. The lowest BCUT2D eigenvalue weighted by Crippen LogP contribution is -2.61. The minimum absolute atomic E-state index is 0.196. The molecule has 3 N–H and O–H groups in total. The van der Waals surface area contributed by atoms with Gasteiger partial charge in [-0.3, -0.25) is 4.79 Å². The van der Waals surface area contributed by atoms with E-state index in [1.54, 1.807) is 0 Å². The third-order valence-electron chi connectivity index (χ3n) is 3.22. The molecule has 106 valence electrons. The molecule has 0 aromatic rings. The highest BCUT2D eigenvalue weighted by Gasteiger charge is 2.53. The first-order valence-corrected chi connectivity index (χ1v) is 6.11. The topological polar surface area (TPSA) is 58.4 Å². The van der Waals surface area contributed by atoms with Gasteiger partial charge >= 0.3 is 6.18 Å². The molecule has 1 heterocycles. The molecule has 0 aromatic heterocycles. The second-order valence-corrected chi connectivity index (χ2v) is 4.86. The summed E-state index contributed by atoms with van der Waals surface area (Å²) in [4.78, 5) is 13.5. The van der Waals surface area contributed by atoms with Gasteiger partial charge in [0.25, 0.3) is 0 Å². The Hall–Kier alpha value is -0.820. The Morgan fingerprint density at radius 3 is 2.33 bits per heavy atom. The molecule has 0 bridgehead atoms. The van der Waals surface area contributed by atoms with E-state index in [0.29, 0.717) is 13.5 Å². The molecular formula is C11H20F3N3O. The molecule has 1 rings (SSSR count). The standard InChI is InChI=1S/C11H20F3N3O/c1-10(15,11(12,13)14)9(18)16-5-8-17-6-3-2-4-7-17/h2-8,15H2,1H3,(H,16,18). The van der Waals surface area contributed by atoms with Gasteiger partial charge < -0.3 is 16.0 Å². The lowest BCUT2D eigenvalue weighted by molar-refractivity contribution is -0.187. The van der Waals surface area contributed by atoms with Crippen LogP contribution in [0, 0.1) is 0 Å². The van der Waals surface area contributed by atoms with E-state index >= 15 is 0 Å². The van der Waals surface area contributed by atoms with Crippen molar-refractivity contribution in [3.05, 3.63) is 0 Å². The van der Waals surface area contributed by atoms with Crippen molar-refractivity contribution in [1.29, 1.82) is 0 Å². The molecule has 0 spiro atoms. The molecule has 1 aliphatic rings. The van der Waals surface area contributed by atoms with Gasteiger partial charge in [0.15, 0.2) is 5.54 Å². The molecule has 1 fully saturated rings. The van der Waals surface area contributed by atoms with Gasteiger partial charge in [-0.15, -0.1) is 0 Å². The number of piperidine rings is 1. The molecule has 0 saturated carbocycles. The predicted octanol–water partition coefficient (Wildman–Crippen LogP) is 0.868. The van der Waals surface area contributed by atoms with Gasteiger partial charge in [0.1, 0.15) is 0 Å². The number of halogens is 3. The number of alkyl halides is 3. The van der Waals surface area contributed by atoms with Crippen molar-refractivity contribution in [3.8, 4) is 0 Å². The van der Waals surface area contributed by atoms with Gasteiger partial charge in [-0.25, -0.2) is 0 Å². The van der Waals surface area contributed by atoms with Crippen molar-refractivity contribution in [3.63, 3.8) is 0 Å². The molecule has 1 saturated heterocycles. The highest BCUT2D eigenvalue weighted by atomic mass is 19.4. The van der Waals surface area contributed by atoms with Crippen LogP contribution in [0.5, 0.6) is 0 Å². The lowest BCUT2D eigenvalue weighted by atomic mass is 10.0. The van der Waals surface area contributed by atoms with Crippen LogP contribution in [0.15, 0.2) is 0 Å². The molecule has 1 amide bonds. The predicted molar refractivity (Wildman–Crippen MR) is 61.9 cm³/mol. The van der Waals surface area contributed by atoms with Crippen molar-refractivity contribution in [2.75, 3.05) is 26.2 Å². The van der Waals surface area contributed by atoms with Gasteiger partial charge in [0.05, 0.1) is 0 Å². The molecule has 1 atom stereocenters. The van der Waals surface area contributed by atoms with Crippen molar-refractivity contribution in [1.82, 2.24) is 10.2 Å². The monoisotopic (exact) mass is 267 g/mol. The Morgan fingerprint density at radius 2 is 1.83 bits per heavy atom. The Bertz CT molecular complexity index is 286. The average molecular weight is 267 g/mol. The smallest absolute Gasteiger partial charge is 0.353 e. The van der Waals surface area contributed by atoms with Crippen LogP contribution in [-0.2, 0) is 4.79 Å². The molecule has 0 aliphatic carbocycles. The zero-order chi connectivity index (χ0) is 13.8. The van der Waals surface area contributed by atoms with E-state index in [-0.39, 0.29) is 6.54 Å². The van der Waals surface area contributed by atoms with E-state index in [1.165, 1.54) is 6.42 Å². The van der Waals surface area contributed by atoms with Crippen molar-refractivity contribution in [2.45, 2.75) is 37.9 Å². The highest BCUT2D eigenvalue weighted by molar-refractivity contribution is 5.86. The zero-order valence-corrected chi connectivity index (χ0v) is 10.5. The maximum atomic E-state index is 12.5. The van der Waals surface area contributed by atoms with Crippen LogP contribution in [-0.4, -0.2) is 48.7 Å². The number of hydrogen-bond donors (Lipinski definition) is 2. The summed E-state index contributed by atoms with van der Waals surface area (Å²) in [6.07, 6.45) is -1.34. The fourth-order valence-corrected chi connectivity index (χ4v) is 1.82. The minimum atomic E-state index is -4.73. The molecule has 18 heavy (non-hydrogen) atoms. The second-order valence-electron chi connectivity index (χ2n) is 4.86. The Kier molecular flexibility index (Phi) is 4.98. The first-order chi connectivity index (χ1) is 8.25. The molecule has 7 heteroatoms. The Balaban J connectivity index is 2.32. The van der Waals surface area contributed by atoms with Gasteiger partial charge in [-0.1, -0.05) is 6.42 Å². The number of rotatable bonds is 4. The van der Waals surface area contributed by atoms with Crippen molar-refractivity contribution in [2.24, 2.45) is 5.73 Å². The van der Waals surface area contributed by atoms with Gasteiger partial charge in [0, 0.05) is 13.1 Å². The fourth-order valence-electron chi connectivity index (χ4n) is 1.82. The summed E-state index contributed by atoms with van der Waals surface area (Å²) in [5.41, 5.74) is 2.18. The number of hydrogen-bond acceptors (Lipinski definition) is 3. The van der Waals surface area contributed by atoms with Crippen molar-refractivity contribution < 1.29 is 18.0 Å². The Labute approximate surface area is 105 Å². The number of nitrogens with one attached hydrogen (secondary N) is 1. The van der Waals surface area contributed by atoms with Gasteiger partial charge in [-0.05, 0) is 32.9 Å². The maximum Gasteiger partial charge on any atom is 0.415 e. The number of nitrogens with zero attached hydrogens (tertiary/aromatic N) is 1. The summed E-state index contributed by atoms with van der Waals surface area (Å²) in [7, 11) is 0. The minimum Gasteiger partial charge on any atom is -0.353 e. The van der Waals surface area contributed by atoms with Crippen molar-refractivity contribution >= 4 is 5.91 Å². The summed E-state index contributed by atoms with van der Waals surface area (Å²) in [5, 5.41) is 2.25. The third-order valence-corrected chi connectivity index (χ3v) is 3.22. The largest absolute Gasteiger partial charge is 0.415 e. The van der Waals surface area contributed by atoms with E-state index in [1.807, 2.05) is 0 Å². The number of nitrogens with two attached hydrogens (primary N) is 1. The van der Waals surface area contributed by atoms with Crippen LogP contribution in [0.3, 0.4) is 0 Å². The van der Waals surface area contributed by atoms with E-state index < -0.39 is 17.6 Å². The first kappa shape index (κ1) is 15.2. The fraction of sp³-hybridized carbons (Fsp3) is 0.909. The average Bonchev–Trinajstić information content (AvgIpc) is 2.28. The van der Waals surface area contributed by atoms with Crippen LogP contribution in [0.25, 0.3) is 0 Å². The number of amides is 1. The number of carbonyl (C=O) groups excluding carboxylic acids is 1. The van der Waals surface area contributed by atoms with Gasteiger partial charge in [-0.2, -0.15) is 13.2 Å². The summed E-state index contributed by atoms with van der Waals surface area (Å²) in [6.45, 7) is 3.33. The molecule has 1 unspecified atom stereocenters. The van der Waals surface area contributed by atoms with E-state index in [2.05, 4.69) is 10.2 Å². The van der Waals surface area contributed by atoms with Crippen LogP contribution in [0.2, 0.25) is 0 Å². The van der Waals surface area contributed by atoms with Crippen LogP contribution in [0.4, 0.5) is 13.2 Å². The molecule has 0 aromatic carbocycles. The molecular weight excluding hydrogens is 247 g/mol. The maximum absolute atomic E-state index is 12.5. The quantitative estimate of drug-likeness (QED) is 0.794.